The predicted octanol–water partition coefficient (Wildman–Crippen LogP) is 2.75. The molecule has 3 aromatic rings. The smallest absolute Gasteiger partial charge is 0.121 e. The molecule has 2 heterocycles. The minimum atomic E-state index is -0.342. The van der Waals surface area contributed by atoms with Crippen molar-refractivity contribution in [3.63, 3.8) is 0 Å². The van der Waals surface area contributed by atoms with E-state index in [0.29, 0.717) is 6.54 Å². The van der Waals surface area contributed by atoms with Crippen LogP contribution in [0, 0.1) is 0 Å². The maximum absolute atomic E-state index is 10.8. The molecule has 2 aromatic carbocycles. The molecule has 4 heteroatoms. The standard InChI is InChI=1S/C23H28N2O2/c1-27-21-11-9-18(10-12-21)23-15-19-7-3-4-8-22(19)25(23)17-20(26)16-24-13-5-2-6-14-24/h3-4,7-12,15,20,26H,2,5-6,13-14,16-17H2,1H3/p+1. The minimum absolute atomic E-state index is 0.342. The van der Waals surface area contributed by atoms with Gasteiger partial charge in [-0.25, -0.2) is 0 Å². The number of aliphatic hydroxyl groups excluding tert-OH is 1. The van der Waals surface area contributed by atoms with E-state index in [1.807, 2.05) is 12.1 Å². The summed E-state index contributed by atoms with van der Waals surface area (Å²) in [6.07, 6.45) is 3.56. The fourth-order valence-electron chi connectivity index (χ4n) is 4.27. The van der Waals surface area contributed by atoms with Gasteiger partial charge in [-0.05, 0) is 61.2 Å². The number of para-hydroxylation sites is 1. The van der Waals surface area contributed by atoms with Gasteiger partial charge in [0.1, 0.15) is 18.4 Å². The largest absolute Gasteiger partial charge is 0.497 e. The van der Waals surface area contributed by atoms with Crippen molar-refractivity contribution < 1.29 is 14.7 Å². The van der Waals surface area contributed by atoms with Gasteiger partial charge in [0.05, 0.1) is 26.7 Å². The van der Waals surface area contributed by atoms with Crippen LogP contribution in [0.4, 0.5) is 0 Å². The van der Waals surface area contributed by atoms with Gasteiger partial charge in [0.25, 0.3) is 0 Å². The summed E-state index contributed by atoms with van der Waals surface area (Å²) in [4.78, 5) is 1.54. The third-order valence-electron chi connectivity index (χ3n) is 5.67. The zero-order chi connectivity index (χ0) is 18.6. The molecule has 1 aliphatic heterocycles. The van der Waals surface area contributed by atoms with Crippen LogP contribution < -0.4 is 9.64 Å². The topological polar surface area (TPSA) is 38.8 Å². The van der Waals surface area contributed by atoms with Crippen LogP contribution >= 0.6 is 0 Å². The zero-order valence-electron chi connectivity index (χ0n) is 16.0. The third-order valence-corrected chi connectivity index (χ3v) is 5.67. The van der Waals surface area contributed by atoms with Crippen LogP contribution in [0.1, 0.15) is 19.3 Å². The Morgan fingerprint density at radius 3 is 2.52 bits per heavy atom. The summed E-state index contributed by atoms with van der Waals surface area (Å²) in [5.74, 6) is 0.857. The summed E-state index contributed by atoms with van der Waals surface area (Å²) in [6.45, 7) is 3.83. The first-order valence-electron chi connectivity index (χ1n) is 9.99. The van der Waals surface area contributed by atoms with Crippen LogP contribution in [0.25, 0.3) is 22.2 Å². The lowest BCUT2D eigenvalue weighted by Crippen LogP contribution is -3.13. The van der Waals surface area contributed by atoms with Gasteiger partial charge in [0.2, 0.25) is 0 Å². The van der Waals surface area contributed by atoms with Crippen molar-refractivity contribution in [1.29, 1.82) is 0 Å². The van der Waals surface area contributed by atoms with E-state index in [9.17, 15) is 5.11 Å². The lowest BCUT2D eigenvalue weighted by atomic mass is 10.1. The van der Waals surface area contributed by atoms with Gasteiger partial charge in [0, 0.05) is 16.6 Å². The van der Waals surface area contributed by atoms with Gasteiger partial charge in [-0.1, -0.05) is 18.2 Å². The number of likely N-dealkylation sites (tertiary alicyclic amines) is 1. The second-order valence-electron chi connectivity index (χ2n) is 7.60. The van der Waals surface area contributed by atoms with Crippen LogP contribution in [-0.4, -0.2) is 42.5 Å². The highest BCUT2D eigenvalue weighted by atomic mass is 16.5. The Labute approximate surface area is 161 Å². The lowest BCUT2D eigenvalue weighted by Gasteiger charge is -2.26. The Balaban J connectivity index is 1.63. The third kappa shape index (κ3) is 4.02. The summed E-state index contributed by atoms with van der Waals surface area (Å²) >= 11 is 0. The summed E-state index contributed by atoms with van der Waals surface area (Å²) in [5.41, 5.74) is 3.46. The minimum Gasteiger partial charge on any atom is -0.497 e. The summed E-state index contributed by atoms with van der Waals surface area (Å²) in [6, 6.07) is 18.8. The number of methoxy groups -OCH3 is 1. The average Bonchev–Trinajstić information content (AvgIpc) is 3.07. The van der Waals surface area contributed by atoms with E-state index in [-0.39, 0.29) is 6.10 Å². The number of nitrogens with zero attached hydrogens (tertiary/aromatic N) is 1. The zero-order valence-corrected chi connectivity index (χ0v) is 16.0. The Bertz CT molecular complexity index is 879. The Kier molecular flexibility index (Phi) is 5.46. The van der Waals surface area contributed by atoms with Crippen molar-refractivity contribution >= 4 is 10.9 Å². The molecule has 1 aromatic heterocycles. The number of rotatable bonds is 6. The Morgan fingerprint density at radius 1 is 1.04 bits per heavy atom. The predicted molar refractivity (Wildman–Crippen MR) is 109 cm³/mol. The fraction of sp³-hybridized carbons (Fsp3) is 0.391. The second-order valence-corrected chi connectivity index (χ2v) is 7.60. The van der Waals surface area contributed by atoms with E-state index in [4.69, 9.17) is 4.74 Å². The summed E-state index contributed by atoms with van der Waals surface area (Å²) in [7, 11) is 1.69. The molecular weight excluding hydrogens is 336 g/mol. The van der Waals surface area contributed by atoms with Crippen LogP contribution in [0.2, 0.25) is 0 Å². The monoisotopic (exact) mass is 365 g/mol. The van der Waals surface area contributed by atoms with Crippen LogP contribution in [0.3, 0.4) is 0 Å². The van der Waals surface area contributed by atoms with Gasteiger partial charge < -0.3 is 19.3 Å². The molecule has 0 amide bonds. The Morgan fingerprint density at radius 2 is 1.78 bits per heavy atom. The number of hydrogen-bond donors (Lipinski definition) is 2. The van der Waals surface area contributed by atoms with Gasteiger partial charge in [0.15, 0.2) is 0 Å². The van der Waals surface area contributed by atoms with Crippen molar-refractivity contribution in [2.45, 2.75) is 31.9 Å². The average molecular weight is 365 g/mol. The molecule has 4 rings (SSSR count). The van der Waals surface area contributed by atoms with E-state index in [1.54, 1.807) is 7.11 Å². The van der Waals surface area contributed by atoms with E-state index < -0.39 is 0 Å². The van der Waals surface area contributed by atoms with Crippen molar-refractivity contribution in [1.82, 2.24) is 4.57 Å². The maximum atomic E-state index is 10.8. The fourth-order valence-corrected chi connectivity index (χ4v) is 4.27. The maximum Gasteiger partial charge on any atom is 0.121 e. The van der Waals surface area contributed by atoms with Crippen molar-refractivity contribution in [2.75, 3.05) is 26.7 Å². The first kappa shape index (κ1) is 18.1. The number of fused-ring (bicyclic) bond motifs is 1. The second kappa shape index (κ2) is 8.15. The number of ether oxygens (including phenoxy) is 1. The molecule has 142 valence electrons. The Hall–Kier alpha value is -2.30. The number of piperidine rings is 1. The number of aliphatic hydroxyl groups is 1. The normalized spacial score (nSPS) is 16.5. The first-order valence-corrected chi connectivity index (χ1v) is 9.99. The SMILES string of the molecule is COc1ccc(-c2cc3ccccc3n2CC(O)C[NH+]2CCCCC2)cc1. The van der Waals surface area contributed by atoms with E-state index >= 15 is 0 Å². The van der Waals surface area contributed by atoms with Crippen molar-refractivity contribution in [2.24, 2.45) is 0 Å². The summed E-state index contributed by atoms with van der Waals surface area (Å²) in [5, 5.41) is 12.0. The molecule has 1 fully saturated rings. The van der Waals surface area contributed by atoms with Gasteiger partial charge >= 0.3 is 0 Å². The number of aromatic nitrogens is 1. The molecule has 0 radical (unpaired) electrons. The van der Waals surface area contributed by atoms with Crippen LogP contribution in [0.15, 0.2) is 54.6 Å². The molecule has 1 saturated heterocycles. The van der Waals surface area contributed by atoms with Crippen LogP contribution in [-0.2, 0) is 6.54 Å². The van der Waals surface area contributed by atoms with Gasteiger partial charge in [-0.3, -0.25) is 0 Å². The van der Waals surface area contributed by atoms with Gasteiger partial charge in [-0.2, -0.15) is 0 Å². The molecule has 0 spiro atoms. The molecule has 4 nitrogen and oxygen atoms in total. The molecule has 27 heavy (non-hydrogen) atoms. The van der Waals surface area contributed by atoms with Gasteiger partial charge in [-0.15, -0.1) is 0 Å². The van der Waals surface area contributed by atoms with E-state index in [0.717, 1.165) is 23.6 Å². The molecule has 1 atom stereocenters. The highest BCUT2D eigenvalue weighted by Gasteiger charge is 2.20. The van der Waals surface area contributed by atoms with Crippen LogP contribution in [0.5, 0.6) is 5.75 Å². The number of hydrogen-bond acceptors (Lipinski definition) is 2. The molecule has 0 bridgehead atoms. The molecule has 0 aliphatic carbocycles. The quantitative estimate of drug-likeness (QED) is 0.705. The highest BCUT2D eigenvalue weighted by Crippen LogP contribution is 2.29. The number of benzene rings is 2. The van der Waals surface area contributed by atoms with E-state index in [2.05, 4.69) is 47.0 Å². The first-order chi connectivity index (χ1) is 13.2. The number of nitrogens with one attached hydrogen (secondary N) is 1. The lowest BCUT2D eigenvalue weighted by molar-refractivity contribution is -0.908. The molecule has 1 aliphatic rings. The molecule has 0 saturated carbocycles. The van der Waals surface area contributed by atoms with Crippen molar-refractivity contribution in [3.8, 4) is 17.0 Å². The molecule has 2 N–H and O–H groups in total. The van der Waals surface area contributed by atoms with Crippen molar-refractivity contribution in [3.05, 3.63) is 54.6 Å². The molecular formula is C23H29N2O2+. The molecule has 1 unspecified atom stereocenters. The van der Waals surface area contributed by atoms with E-state index in [1.165, 1.54) is 48.2 Å². The number of quaternary nitrogens is 1. The summed E-state index contributed by atoms with van der Waals surface area (Å²) < 4.78 is 7.56. The highest BCUT2D eigenvalue weighted by molar-refractivity contribution is 5.87.